The third-order valence-corrected chi connectivity index (χ3v) is 3.55. The lowest BCUT2D eigenvalue weighted by molar-refractivity contribution is -0.388. The van der Waals surface area contributed by atoms with Crippen LogP contribution in [0.4, 0.5) is 5.69 Å². The fourth-order valence-electron chi connectivity index (χ4n) is 1.53. The molecule has 1 rings (SSSR count). The molecule has 98 valence electrons. The molecule has 0 atom stereocenters. The highest BCUT2D eigenvalue weighted by Crippen LogP contribution is 2.32. The Morgan fingerprint density at radius 1 is 1.44 bits per heavy atom. The van der Waals surface area contributed by atoms with Crippen LogP contribution in [0.25, 0.3) is 0 Å². The molecule has 0 fully saturated rings. The molecule has 0 saturated heterocycles. The third kappa shape index (κ3) is 3.73. The van der Waals surface area contributed by atoms with Gasteiger partial charge in [-0.25, -0.2) is 4.79 Å². The predicted octanol–water partition coefficient (Wildman–Crippen LogP) is 3.58. The van der Waals surface area contributed by atoms with Gasteiger partial charge in [0.25, 0.3) is 5.69 Å². The van der Waals surface area contributed by atoms with Gasteiger partial charge < -0.3 is 5.11 Å². The van der Waals surface area contributed by atoms with E-state index >= 15 is 0 Å². The zero-order chi connectivity index (χ0) is 13.5. The van der Waals surface area contributed by atoms with Crippen molar-refractivity contribution in [2.75, 3.05) is 5.75 Å². The summed E-state index contributed by atoms with van der Waals surface area (Å²) >= 11 is 1.34. The van der Waals surface area contributed by atoms with Crippen LogP contribution in [-0.4, -0.2) is 21.8 Å². The van der Waals surface area contributed by atoms with E-state index in [-0.39, 0.29) is 11.3 Å². The number of thioether (sulfide) groups is 1. The van der Waals surface area contributed by atoms with Crippen LogP contribution in [0.15, 0.2) is 23.1 Å². The minimum Gasteiger partial charge on any atom is -0.477 e. The van der Waals surface area contributed by atoms with Gasteiger partial charge in [0, 0.05) is 0 Å². The van der Waals surface area contributed by atoms with Crippen LogP contribution in [0.3, 0.4) is 0 Å². The molecule has 0 amide bonds. The van der Waals surface area contributed by atoms with Crippen LogP contribution in [0.5, 0.6) is 0 Å². The Morgan fingerprint density at radius 2 is 2.17 bits per heavy atom. The number of carbonyl (C=O) groups is 1. The molecule has 0 spiro atoms. The molecule has 0 aliphatic carbocycles. The van der Waals surface area contributed by atoms with E-state index in [2.05, 4.69) is 6.92 Å². The van der Waals surface area contributed by atoms with Crippen LogP contribution in [0.2, 0.25) is 0 Å². The number of nitro benzene ring substituents is 1. The first-order chi connectivity index (χ1) is 8.57. The number of carboxylic acids is 1. The van der Waals surface area contributed by atoms with Crippen molar-refractivity contribution >= 4 is 23.4 Å². The van der Waals surface area contributed by atoms with Gasteiger partial charge in [0.05, 0.1) is 9.82 Å². The van der Waals surface area contributed by atoms with E-state index in [1.165, 1.54) is 17.8 Å². The molecule has 1 aromatic rings. The molecular weight excluding hydrogens is 254 g/mol. The Balaban J connectivity index is 2.93. The second kappa shape index (κ2) is 7.00. The number of unbranched alkanes of at least 4 members (excludes halogenated alkanes) is 2. The highest BCUT2D eigenvalue weighted by Gasteiger charge is 2.23. The maximum absolute atomic E-state index is 11.0. The molecule has 0 saturated carbocycles. The summed E-state index contributed by atoms with van der Waals surface area (Å²) in [6, 6.07) is 4.40. The molecule has 0 unspecified atom stereocenters. The van der Waals surface area contributed by atoms with Crippen molar-refractivity contribution in [3.05, 3.63) is 33.9 Å². The van der Waals surface area contributed by atoms with Crippen molar-refractivity contribution in [1.29, 1.82) is 0 Å². The molecule has 1 N–H and O–H groups in total. The monoisotopic (exact) mass is 269 g/mol. The standard InChI is InChI=1S/C12H15NO4S/c1-2-3-4-8-18-10-7-5-6-9(12(14)15)11(10)13(16)17/h5-7H,2-4,8H2,1H3,(H,14,15). The largest absolute Gasteiger partial charge is 0.477 e. The van der Waals surface area contributed by atoms with Crippen LogP contribution in [-0.2, 0) is 0 Å². The molecule has 0 aromatic heterocycles. The first-order valence-corrected chi connectivity index (χ1v) is 6.70. The van der Waals surface area contributed by atoms with Crippen LogP contribution >= 0.6 is 11.8 Å². The second-order valence-corrected chi connectivity index (χ2v) is 4.91. The van der Waals surface area contributed by atoms with E-state index < -0.39 is 10.9 Å². The molecular formula is C12H15NO4S. The summed E-state index contributed by atoms with van der Waals surface area (Å²) in [6.45, 7) is 2.08. The number of aromatic carboxylic acids is 1. The second-order valence-electron chi connectivity index (χ2n) is 3.77. The summed E-state index contributed by atoms with van der Waals surface area (Å²) in [5, 5.41) is 19.9. The molecule has 0 heterocycles. The predicted molar refractivity (Wildman–Crippen MR) is 70.3 cm³/mol. The van der Waals surface area contributed by atoms with E-state index in [0.29, 0.717) is 4.90 Å². The summed E-state index contributed by atoms with van der Waals surface area (Å²) in [6.07, 6.45) is 3.12. The quantitative estimate of drug-likeness (QED) is 0.354. The lowest BCUT2D eigenvalue weighted by Crippen LogP contribution is -2.03. The summed E-state index contributed by atoms with van der Waals surface area (Å²) in [5.74, 6) is -0.504. The summed E-state index contributed by atoms with van der Waals surface area (Å²) in [5.41, 5.74) is -0.549. The Kier molecular flexibility index (Phi) is 5.64. The number of nitro groups is 1. The summed E-state index contributed by atoms with van der Waals surface area (Å²) < 4.78 is 0. The molecule has 6 heteroatoms. The lowest BCUT2D eigenvalue weighted by atomic mass is 10.2. The number of hydrogen-bond acceptors (Lipinski definition) is 4. The number of benzene rings is 1. The highest BCUT2D eigenvalue weighted by molar-refractivity contribution is 7.99. The van der Waals surface area contributed by atoms with Gasteiger partial charge in [-0.2, -0.15) is 0 Å². The van der Waals surface area contributed by atoms with Gasteiger partial charge in [0.1, 0.15) is 5.56 Å². The number of para-hydroxylation sites is 1. The Hall–Kier alpha value is -1.56. The first-order valence-electron chi connectivity index (χ1n) is 5.71. The average Bonchev–Trinajstić information content (AvgIpc) is 2.33. The highest BCUT2D eigenvalue weighted by atomic mass is 32.2. The van der Waals surface area contributed by atoms with Crippen molar-refractivity contribution in [3.8, 4) is 0 Å². The molecule has 0 aliphatic rings. The normalized spacial score (nSPS) is 10.3. The molecule has 1 aromatic carbocycles. The number of rotatable bonds is 7. The average molecular weight is 269 g/mol. The van der Waals surface area contributed by atoms with Crippen molar-refractivity contribution in [2.24, 2.45) is 0 Å². The van der Waals surface area contributed by atoms with Gasteiger partial charge in [0.2, 0.25) is 0 Å². The van der Waals surface area contributed by atoms with Crippen molar-refractivity contribution in [3.63, 3.8) is 0 Å². The smallest absolute Gasteiger partial charge is 0.342 e. The van der Waals surface area contributed by atoms with Gasteiger partial charge in [0.15, 0.2) is 0 Å². The van der Waals surface area contributed by atoms with Crippen LogP contribution < -0.4 is 0 Å². The van der Waals surface area contributed by atoms with Gasteiger partial charge in [-0.3, -0.25) is 10.1 Å². The molecule has 0 radical (unpaired) electrons. The zero-order valence-corrected chi connectivity index (χ0v) is 10.9. The van der Waals surface area contributed by atoms with E-state index in [1.54, 1.807) is 12.1 Å². The lowest BCUT2D eigenvalue weighted by Gasteiger charge is -2.04. The maximum Gasteiger partial charge on any atom is 0.342 e. The molecule has 0 aliphatic heterocycles. The Labute approximate surface area is 109 Å². The van der Waals surface area contributed by atoms with E-state index in [1.807, 2.05) is 0 Å². The van der Waals surface area contributed by atoms with Crippen LogP contribution in [0, 0.1) is 10.1 Å². The Bertz CT molecular complexity index is 448. The van der Waals surface area contributed by atoms with E-state index in [0.717, 1.165) is 25.0 Å². The van der Waals surface area contributed by atoms with Crippen LogP contribution in [0.1, 0.15) is 36.5 Å². The van der Waals surface area contributed by atoms with Crippen molar-refractivity contribution < 1.29 is 14.8 Å². The van der Waals surface area contributed by atoms with Gasteiger partial charge >= 0.3 is 5.97 Å². The fourth-order valence-corrected chi connectivity index (χ4v) is 2.60. The number of nitrogens with zero attached hydrogens (tertiary/aromatic N) is 1. The summed E-state index contributed by atoms with van der Waals surface area (Å²) in [7, 11) is 0. The van der Waals surface area contributed by atoms with Gasteiger partial charge in [-0.15, -0.1) is 11.8 Å². The van der Waals surface area contributed by atoms with E-state index in [9.17, 15) is 14.9 Å². The number of carboxylic acid groups (broad SMARTS) is 1. The summed E-state index contributed by atoms with van der Waals surface area (Å²) in [4.78, 5) is 21.7. The molecule has 0 bridgehead atoms. The first kappa shape index (κ1) is 14.5. The third-order valence-electron chi connectivity index (χ3n) is 2.42. The number of hydrogen-bond donors (Lipinski definition) is 1. The molecule has 18 heavy (non-hydrogen) atoms. The van der Waals surface area contributed by atoms with Gasteiger partial charge in [-0.1, -0.05) is 25.8 Å². The maximum atomic E-state index is 11.0. The topological polar surface area (TPSA) is 80.4 Å². The zero-order valence-electron chi connectivity index (χ0n) is 10.1. The fraction of sp³-hybridized carbons (Fsp3) is 0.417. The van der Waals surface area contributed by atoms with E-state index in [4.69, 9.17) is 5.11 Å². The minimum atomic E-state index is -1.27. The van der Waals surface area contributed by atoms with Crippen molar-refractivity contribution in [2.45, 2.75) is 31.1 Å². The molecule has 5 nitrogen and oxygen atoms in total. The Morgan fingerprint density at radius 3 is 2.72 bits per heavy atom. The minimum absolute atomic E-state index is 0.250. The SMILES string of the molecule is CCCCCSc1cccc(C(=O)O)c1[N+](=O)[O-]. The van der Waals surface area contributed by atoms with Crippen molar-refractivity contribution in [1.82, 2.24) is 0 Å². The van der Waals surface area contributed by atoms with Gasteiger partial charge in [-0.05, 0) is 24.3 Å².